The number of fused-ring (bicyclic) bond motifs is 12. The fourth-order valence-electron chi connectivity index (χ4n) is 6.53. The second-order valence-corrected chi connectivity index (χ2v) is 10.1. The molecule has 0 amide bonds. The number of aromatic nitrogens is 1. The average molecular weight is 484 g/mol. The third kappa shape index (κ3) is 2.51. The minimum absolute atomic E-state index is 0.915. The smallest absolute Gasteiger partial charge is 0.159 e. The van der Waals surface area contributed by atoms with Crippen molar-refractivity contribution in [3.63, 3.8) is 0 Å². The number of hydrogen-bond acceptors (Lipinski definition) is 1. The Morgan fingerprint density at radius 3 is 1.66 bits per heavy atom. The van der Waals surface area contributed by atoms with E-state index in [2.05, 4.69) is 126 Å². The highest BCUT2D eigenvalue weighted by atomic mass is 16.3. The van der Waals surface area contributed by atoms with E-state index >= 15 is 0 Å². The number of para-hydroxylation sites is 3. The summed E-state index contributed by atoms with van der Waals surface area (Å²) in [7, 11) is 0. The highest BCUT2D eigenvalue weighted by molar-refractivity contribution is 6.29. The molecular formula is C36H21NO. The van der Waals surface area contributed by atoms with E-state index in [1.807, 2.05) is 6.07 Å². The van der Waals surface area contributed by atoms with Crippen molar-refractivity contribution in [2.45, 2.75) is 0 Å². The second-order valence-electron chi connectivity index (χ2n) is 10.1. The quantitative estimate of drug-likeness (QED) is 0.212. The van der Waals surface area contributed by atoms with Crippen LogP contribution in [0.1, 0.15) is 0 Å². The van der Waals surface area contributed by atoms with Gasteiger partial charge in [-0.05, 0) is 62.6 Å². The van der Waals surface area contributed by atoms with Crippen molar-refractivity contribution in [1.29, 1.82) is 0 Å². The zero-order valence-electron chi connectivity index (χ0n) is 20.5. The molecule has 0 aliphatic rings. The summed E-state index contributed by atoms with van der Waals surface area (Å²) >= 11 is 0. The van der Waals surface area contributed by atoms with Crippen LogP contribution in [-0.2, 0) is 0 Å². The van der Waals surface area contributed by atoms with Gasteiger partial charge in [-0.2, -0.15) is 0 Å². The monoisotopic (exact) mass is 483 g/mol. The Kier molecular flexibility index (Phi) is 3.82. The maximum atomic E-state index is 6.50. The van der Waals surface area contributed by atoms with E-state index in [1.165, 1.54) is 54.1 Å². The molecule has 0 fully saturated rings. The Labute approximate surface area is 217 Å². The van der Waals surface area contributed by atoms with Crippen LogP contribution in [0.15, 0.2) is 132 Å². The molecule has 0 spiro atoms. The molecule has 38 heavy (non-hydrogen) atoms. The first kappa shape index (κ1) is 20.0. The van der Waals surface area contributed by atoms with Crippen molar-refractivity contribution >= 4 is 76.1 Å². The number of rotatable bonds is 1. The lowest BCUT2D eigenvalue weighted by Crippen LogP contribution is -1.94. The Morgan fingerprint density at radius 1 is 0.368 bits per heavy atom. The average Bonchev–Trinajstić information content (AvgIpc) is 3.52. The Bertz CT molecular complexity index is 2400. The number of nitrogens with zero attached hydrogens (tertiary/aromatic N) is 1. The normalized spacial score (nSPS) is 12.2. The topological polar surface area (TPSA) is 18.1 Å². The van der Waals surface area contributed by atoms with Gasteiger partial charge in [0.2, 0.25) is 0 Å². The molecule has 7 aromatic carbocycles. The van der Waals surface area contributed by atoms with Crippen LogP contribution in [0, 0.1) is 0 Å². The van der Waals surface area contributed by atoms with Gasteiger partial charge in [-0.15, -0.1) is 0 Å². The summed E-state index contributed by atoms with van der Waals surface area (Å²) in [5, 5.41) is 12.5. The van der Waals surface area contributed by atoms with Gasteiger partial charge in [0.15, 0.2) is 5.58 Å². The molecule has 0 saturated heterocycles. The van der Waals surface area contributed by atoms with Crippen molar-refractivity contribution in [3.05, 3.63) is 127 Å². The molecule has 0 saturated carbocycles. The number of hydrogen-bond donors (Lipinski definition) is 0. The van der Waals surface area contributed by atoms with E-state index in [-0.39, 0.29) is 0 Å². The van der Waals surface area contributed by atoms with Gasteiger partial charge in [0.1, 0.15) is 5.58 Å². The summed E-state index contributed by atoms with van der Waals surface area (Å²) in [6.07, 6.45) is 0. The lowest BCUT2D eigenvalue weighted by Gasteiger charge is -2.12. The fourth-order valence-corrected chi connectivity index (χ4v) is 6.53. The molecule has 0 N–H and O–H groups in total. The lowest BCUT2D eigenvalue weighted by atomic mass is 9.93. The van der Waals surface area contributed by atoms with Crippen molar-refractivity contribution < 1.29 is 4.42 Å². The van der Waals surface area contributed by atoms with Crippen molar-refractivity contribution in [2.75, 3.05) is 0 Å². The highest BCUT2D eigenvalue weighted by Crippen LogP contribution is 2.42. The molecule has 0 bridgehead atoms. The van der Waals surface area contributed by atoms with Gasteiger partial charge in [-0.3, -0.25) is 0 Å². The molecule has 2 nitrogen and oxygen atoms in total. The lowest BCUT2D eigenvalue weighted by molar-refractivity contribution is 0.666. The van der Waals surface area contributed by atoms with E-state index in [9.17, 15) is 0 Å². The van der Waals surface area contributed by atoms with Crippen LogP contribution >= 0.6 is 0 Å². The van der Waals surface area contributed by atoms with E-state index in [1.54, 1.807) is 0 Å². The summed E-state index contributed by atoms with van der Waals surface area (Å²) in [6, 6.07) is 45.9. The maximum Gasteiger partial charge on any atom is 0.159 e. The molecule has 9 rings (SSSR count). The standard InChI is InChI=1S/C36H21NO/c1-3-12-24-22(10-1)23-11-2-4-13-25(23)30-21-34-31(20-29(24)30)26-14-5-7-17-32(26)37(34)33-18-9-16-28-27-15-6-8-19-35(27)38-36(28)33/h1-21H. The molecule has 2 heteroatoms. The summed E-state index contributed by atoms with van der Waals surface area (Å²) in [5.41, 5.74) is 5.26. The maximum absolute atomic E-state index is 6.50. The van der Waals surface area contributed by atoms with Gasteiger partial charge < -0.3 is 8.98 Å². The molecule has 0 radical (unpaired) electrons. The summed E-state index contributed by atoms with van der Waals surface area (Å²) in [5.74, 6) is 0. The summed E-state index contributed by atoms with van der Waals surface area (Å²) in [6.45, 7) is 0. The van der Waals surface area contributed by atoms with Crippen LogP contribution in [-0.4, -0.2) is 4.57 Å². The fraction of sp³-hybridized carbons (Fsp3) is 0. The van der Waals surface area contributed by atoms with Gasteiger partial charge in [0.25, 0.3) is 0 Å². The second kappa shape index (κ2) is 7.24. The van der Waals surface area contributed by atoms with E-state index in [0.29, 0.717) is 0 Å². The van der Waals surface area contributed by atoms with Crippen LogP contribution in [0.2, 0.25) is 0 Å². The minimum Gasteiger partial charge on any atom is -0.454 e. The SMILES string of the molecule is c1ccc2c(c1)oc1c(-n3c4ccccc4c4cc5c6ccccc6c6ccccc6c5cc43)cccc12. The summed E-state index contributed by atoms with van der Waals surface area (Å²) in [4.78, 5) is 0. The molecule has 0 aliphatic carbocycles. The predicted molar refractivity (Wildman–Crippen MR) is 161 cm³/mol. The minimum atomic E-state index is 0.915. The molecular weight excluding hydrogens is 462 g/mol. The zero-order chi connectivity index (χ0) is 24.8. The van der Waals surface area contributed by atoms with E-state index in [0.717, 1.165) is 27.6 Å². The molecule has 2 heterocycles. The first-order valence-electron chi connectivity index (χ1n) is 13.0. The summed E-state index contributed by atoms with van der Waals surface area (Å²) < 4.78 is 8.89. The molecule has 2 aromatic heterocycles. The van der Waals surface area contributed by atoms with Gasteiger partial charge in [-0.1, -0.05) is 97.1 Å². The third-order valence-corrected chi connectivity index (χ3v) is 8.16. The zero-order valence-corrected chi connectivity index (χ0v) is 20.5. The molecule has 176 valence electrons. The molecule has 0 aliphatic heterocycles. The molecule has 9 aromatic rings. The van der Waals surface area contributed by atoms with Gasteiger partial charge in [0.05, 0.1) is 16.7 Å². The van der Waals surface area contributed by atoms with Crippen LogP contribution in [0.5, 0.6) is 0 Å². The van der Waals surface area contributed by atoms with Gasteiger partial charge in [-0.25, -0.2) is 0 Å². The number of benzene rings is 7. The van der Waals surface area contributed by atoms with E-state index < -0.39 is 0 Å². The van der Waals surface area contributed by atoms with E-state index in [4.69, 9.17) is 4.42 Å². The van der Waals surface area contributed by atoms with Crippen LogP contribution < -0.4 is 0 Å². The van der Waals surface area contributed by atoms with Gasteiger partial charge in [0, 0.05) is 21.5 Å². The highest BCUT2D eigenvalue weighted by Gasteiger charge is 2.19. The Morgan fingerprint density at radius 2 is 0.921 bits per heavy atom. The van der Waals surface area contributed by atoms with Crippen molar-refractivity contribution in [2.24, 2.45) is 0 Å². The van der Waals surface area contributed by atoms with Crippen LogP contribution in [0.25, 0.3) is 81.7 Å². The Hall–Kier alpha value is -5.08. The third-order valence-electron chi connectivity index (χ3n) is 8.16. The van der Waals surface area contributed by atoms with Gasteiger partial charge >= 0.3 is 0 Å². The Balaban J connectivity index is 1.52. The first-order valence-corrected chi connectivity index (χ1v) is 13.0. The van der Waals surface area contributed by atoms with Crippen molar-refractivity contribution in [3.8, 4) is 5.69 Å². The molecule has 0 atom stereocenters. The molecule has 0 unspecified atom stereocenters. The largest absolute Gasteiger partial charge is 0.454 e. The van der Waals surface area contributed by atoms with Crippen LogP contribution in [0.3, 0.4) is 0 Å². The van der Waals surface area contributed by atoms with Crippen molar-refractivity contribution in [1.82, 2.24) is 4.57 Å². The first-order chi connectivity index (χ1) is 18.9. The predicted octanol–water partition coefficient (Wildman–Crippen LogP) is 10.1. The number of furan rings is 1. The van der Waals surface area contributed by atoms with Crippen LogP contribution in [0.4, 0.5) is 0 Å².